The zero-order valence-corrected chi connectivity index (χ0v) is 12.2. The van der Waals surface area contributed by atoms with E-state index < -0.39 is 0 Å². The number of thioether (sulfide) groups is 1. The first-order valence-electron chi connectivity index (χ1n) is 5.80. The number of nitrogens with two attached hydrogens (primary N) is 1. The topological polar surface area (TPSA) is 47.3 Å². The molecule has 2 unspecified atom stereocenters. The summed E-state index contributed by atoms with van der Waals surface area (Å²) in [6, 6.07) is 5.59. The van der Waals surface area contributed by atoms with Gasteiger partial charge in [0.05, 0.1) is 18.8 Å². The van der Waals surface area contributed by atoms with Crippen LogP contribution in [-0.4, -0.2) is 30.3 Å². The van der Waals surface area contributed by atoms with Crippen molar-refractivity contribution >= 4 is 35.0 Å². The summed E-state index contributed by atoms with van der Waals surface area (Å²) in [5.74, 6) is 7.63. The van der Waals surface area contributed by atoms with E-state index in [1.54, 1.807) is 6.07 Å². The van der Waals surface area contributed by atoms with Gasteiger partial charge in [-0.1, -0.05) is 29.3 Å². The van der Waals surface area contributed by atoms with Gasteiger partial charge < -0.3 is 4.74 Å². The smallest absolute Gasteiger partial charge is 0.0835 e. The number of rotatable bonds is 4. The molecule has 1 fully saturated rings. The molecule has 0 amide bonds. The van der Waals surface area contributed by atoms with Crippen molar-refractivity contribution in [3.8, 4) is 0 Å². The number of nitrogens with one attached hydrogen (secondary N) is 1. The number of hydrazine groups is 1. The van der Waals surface area contributed by atoms with Gasteiger partial charge in [-0.05, 0) is 24.1 Å². The summed E-state index contributed by atoms with van der Waals surface area (Å²) in [7, 11) is 0. The Kier molecular flexibility index (Phi) is 5.60. The van der Waals surface area contributed by atoms with Gasteiger partial charge in [-0.15, -0.1) is 0 Å². The molecule has 0 radical (unpaired) electrons. The van der Waals surface area contributed by atoms with E-state index in [-0.39, 0.29) is 12.1 Å². The summed E-state index contributed by atoms with van der Waals surface area (Å²) in [5, 5.41) is 1.32. The highest BCUT2D eigenvalue weighted by Gasteiger charge is 2.24. The zero-order valence-electron chi connectivity index (χ0n) is 9.86. The predicted octanol–water partition coefficient (Wildman–Crippen LogP) is 2.50. The molecule has 3 N–H and O–H groups in total. The van der Waals surface area contributed by atoms with Gasteiger partial charge >= 0.3 is 0 Å². The van der Waals surface area contributed by atoms with Crippen LogP contribution < -0.4 is 11.3 Å². The summed E-state index contributed by atoms with van der Waals surface area (Å²) in [4.78, 5) is 0. The third-order valence-corrected chi connectivity index (χ3v) is 4.57. The van der Waals surface area contributed by atoms with Crippen LogP contribution in [0.4, 0.5) is 0 Å². The minimum atomic E-state index is 0.0662. The second kappa shape index (κ2) is 6.98. The van der Waals surface area contributed by atoms with Gasteiger partial charge in [0.25, 0.3) is 0 Å². The molecule has 1 aromatic rings. The molecular weight excluding hydrogens is 291 g/mol. The van der Waals surface area contributed by atoms with Crippen LogP contribution in [-0.2, 0) is 11.2 Å². The van der Waals surface area contributed by atoms with Crippen LogP contribution in [0.5, 0.6) is 0 Å². The van der Waals surface area contributed by atoms with Gasteiger partial charge in [-0.25, -0.2) is 0 Å². The van der Waals surface area contributed by atoms with Crippen molar-refractivity contribution in [2.45, 2.75) is 18.6 Å². The predicted molar refractivity (Wildman–Crippen MR) is 78.3 cm³/mol. The Morgan fingerprint density at radius 1 is 1.50 bits per heavy atom. The minimum Gasteiger partial charge on any atom is -0.375 e. The summed E-state index contributed by atoms with van der Waals surface area (Å²) in [5.41, 5.74) is 3.86. The third-order valence-electron chi connectivity index (χ3n) is 2.96. The first-order valence-corrected chi connectivity index (χ1v) is 7.71. The summed E-state index contributed by atoms with van der Waals surface area (Å²) in [6.07, 6.45) is 0.859. The highest BCUT2D eigenvalue weighted by molar-refractivity contribution is 7.99. The maximum absolute atomic E-state index is 6.17. The molecule has 1 aliphatic heterocycles. The van der Waals surface area contributed by atoms with Crippen molar-refractivity contribution < 1.29 is 4.74 Å². The number of ether oxygens (including phenoxy) is 1. The summed E-state index contributed by atoms with van der Waals surface area (Å²) in [6.45, 7) is 0.780. The van der Waals surface area contributed by atoms with Gasteiger partial charge in [0.15, 0.2) is 0 Å². The average Bonchev–Trinajstić information content (AvgIpc) is 2.39. The molecule has 0 spiro atoms. The molecule has 1 aliphatic rings. The van der Waals surface area contributed by atoms with Crippen molar-refractivity contribution in [2.24, 2.45) is 5.84 Å². The standard InChI is InChI=1S/C12H16Cl2N2OS/c13-9-2-1-8(10(14)6-9)5-11(16-15)12-7-18-4-3-17-12/h1-2,6,11-12,16H,3-5,7,15H2. The van der Waals surface area contributed by atoms with Gasteiger partial charge in [-0.2, -0.15) is 11.8 Å². The fourth-order valence-corrected chi connectivity index (χ4v) is 3.39. The SMILES string of the molecule is NNC(Cc1ccc(Cl)cc1Cl)C1CSCCO1. The van der Waals surface area contributed by atoms with Crippen LogP contribution in [0.25, 0.3) is 0 Å². The molecule has 0 aliphatic carbocycles. The van der Waals surface area contributed by atoms with Crippen molar-refractivity contribution in [2.75, 3.05) is 18.1 Å². The number of hydrogen-bond acceptors (Lipinski definition) is 4. The molecule has 100 valence electrons. The Hall–Kier alpha value is 0.0300. The maximum Gasteiger partial charge on any atom is 0.0835 e. The van der Waals surface area contributed by atoms with E-state index in [9.17, 15) is 0 Å². The zero-order chi connectivity index (χ0) is 13.0. The molecule has 2 rings (SSSR count). The molecular formula is C12H16Cl2N2OS. The molecule has 0 bridgehead atoms. The molecule has 3 nitrogen and oxygen atoms in total. The first kappa shape index (κ1) is 14.4. The normalized spacial score (nSPS) is 21.8. The van der Waals surface area contributed by atoms with Crippen molar-refractivity contribution in [3.05, 3.63) is 33.8 Å². The van der Waals surface area contributed by atoms with E-state index in [0.29, 0.717) is 10.0 Å². The van der Waals surface area contributed by atoms with Gasteiger partial charge in [0.1, 0.15) is 0 Å². The molecule has 0 saturated carbocycles. The van der Waals surface area contributed by atoms with E-state index in [2.05, 4.69) is 5.43 Å². The van der Waals surface area contributed by atoms with Crippen LogP contribution in [0.2, 0.25) is 10.0 Å². The van der Waals surface area contributed by atoms with E-state index in [4.69, 9.17) is 33.8 Å². The first-order chi connectivity index (χ1) is 8.70. The van der Waals surface area contributed by atoms with Crippen molar-refractivity contribution in [1.82, 2.24) is 5.43 Å². The Balaban J connectivity index is 2.04. The quantitative estimate of drug-likeness (QED) is 0.663. The monoisotopic (exact) mass is 306 g/mol. The van der Waals surface area contributed by atoms with Crippen LogP contribution in [0.3, 0.4) is 0 Å². The van der Waals surface area contributed by atoms with Gasteiger partial charge in [0.2, 0.25) is 0 Å². The van der Waals surface area contributed by atoms with Crippen LogP contribution in [0.15, 0.2) is 18.2 Å². The van der Waals surface area contributed by atoms with Crippen molar-refractivity contribution in [3.63, 3.8) is 0 Å². The van der Waals surface area contributed by atoms with Crippen molar-refractivity contribution in [1.29, 1.82) is 0 Å². The Morgan fingerprint density at radius 2 is 2.33 bits per heavy atom. The molecule has 1 heterocycles. The lowest BCUT2D eigenvalue weighted by molar-refractivity contribution is 0.0472. The Bertz CT molecular complexity index is 400. The van der Waals surface area contributed by atoms with Gasteiger partial charge in [-0.3, -0.25) is 11.3 Å². The highest BCUT2D eigenvalue weighted by Crippen LogP contribution is 2.24. The highest BCUT2D eigenvalue weighted by atomic mass is 35.5. The number of hydrogen-bond donors (Lipinski definition) is 2. The van der Waals surface area contributed by atoms with E-state index >= 15 is 0 Å². The minimum absolute atomic E-state index is 0.0662. The Morgan fingerprint density at radius 3 is 2.94 bits per heavy atom. The Labute approximate surface area is 121 Å². The van der Waals surface area contributed by atoms with Crippen LogP contribution in [0.1, 0.15) is 5.56 Å². The fourth-order valence-electron chi connectivity index (χ4n) is 1.96. The largest absolute Gasteiger partial charge is 0.375 e. The summed E-state index contributed by atoms with van der Waals surface area (Å²) >= 11 is 13.9. The van der Waals surface area contributed by atoms with Crippen LogP contribution >= 0.6 is 35.0 Å². The lowest BCUT2D eigenvalue weighted by Gasteiger charge is -2.30. The lowest BCUT2D eigenvalue weighted by atomic mass is 10.0. The van der Waals surface area contributed by atoms with E-state index in [1.165, 1.54) is 0 Å². The fraction of sp³-hybridized carbons (Fsp3) is 0.500. The molecule has 18 heavy (non-hydrogen) atoms. The third kappa shape index (κ3) is 3.76. The molecule has 2 atom stereocenters. The molecule has 0 aromatic heterocycles. The van der Waals surface area contributed by atoms with Crippen LogP contribution in [0, 0.1) is 0 Å². The van der Waals surface area contributed by atoms with Gasteiger partial charge in [0, 0.05) is 21.6 Å². The second-order valence-corrected chi connectivity index (χ2v) is 6.19. The molecule has 1 aromatic carbocycles. The lowest BCUT2D eigenvalue weighted by Crippen LogP contribution is -2.49. The average molecular weight is 307 g/mol. The molecule has 6 heteroatoms. The maximum atomic E-state index is 6.17. The second-order valence-electron chi connectivity index (χ2n) is 4.20. The summed E-state index contributed by atoms with van der Waals surface area (Å²) < 4.78 is 5.73. The van der Waals surface area contributed by atoms with E-state index in [1.807, 2.05) is 23.9 Å². The number of halogens is 2. The molecule has 1 saturated heterocycles. The number of benzene rings is 1. The van der Waals surface area contributed by atoms with E-state index in [0.717, 1.165) is 30.1 Å².